The Balaban J connectivity index is 1.66. The summed E-state index contributed by atoms with van der Waals surface area (Å²) in [5.74, 6) is -0.506. The van der Waals surface area contributed by atoms with Gasteiger partial charge < -0.3 is 15.7 Å². The second kappa shape index (κ2) is 8.32. The molecule has 0 unspecified atom stereocenters. The number of carbonyl (C=O) groups is 2. The predicted octanol–water partition coefficient (Wildman–Crippen LogP) is 3.02. The van der Waals surface area contributed by atoms with E-state index in [2.05, 4.69) is 10.1 Å². The van der Waals surface area contributed by atoms with Crippen LogP contribution < -0.4 is 10.6 Å². The van der Waals surface area contributed by atoms with Crippen LogP contribution in [0.15, 0.2) is 42.7 Å². The van der Waals surface area contributed by atoms with Crippen molar-refractivity contribution in [1.82, 2.24) is 14.8 Å². The van der Waals surface area contributed by atoms with E-state index >= 15 is 0 Å². The Hall–Kier alpha value is -3.73. The van der Waals surface area contributed by atoms with Gasteiger partial charge in [0.05, 0.1) is 24.4 Å². The van der Waals surface area contributed by atoms with Crippen LogP contribution in [0.3, 0.4) is 0 Å². The first kappa shape index (κ1) is 22.5. The molecule has 8 nitrogen and oxygen atoms in total. The highest BCUT2D eigenvalue weighted by atomic mass is 19.4. The SMILES string of the molecule is C[C@H]1CN(c2ccc(C(F)(F)F)c(CO)c2)C(=O)c2c(CC(=O)c3ccc(N)nc3)cnn21. The van der Waals surface area contributed by atoms with Crippen LogP contribution in [0.4, 0.5) is 24.7 Å². The molecule has 1 aliphatic heterocycles. The first-order chi connectivity index (χ1) is 15.6. The fourth-order valence-electron chi connectivity index (χ4n) is 3.87. The van der Waals surface area contributed by atoms with Gasteiger partial charge in [0.2, 0.25) is 0 Å². The summed E-state index contributed by atoms with van der Waals surface area (Å²) in [5.41, 5.74) is 5.39. The second-order valence-electron chi connectivity index (χ2n) is 7.80. The number of aliphatic hydroxyl groups is 1. The zero-order chi connectivity index (χ0) is 23.9. The van der Waals surface area contributed by atoms with Gasteiger partial charge in [0.25, 0.3) is 5.91 Å². The Kier molecular flexibility index (Phi) is 5.66. The Bertz CT molecular complexity index is 1220. The van der Waals surface area contributed by atoms with Crippen LogP contribution in [-0.4, -0.2) is 38.1 Å². The van der Waals surface area contributed by atoms with Crippen LogP contribution in [0.25, 0.3) is 0 Å². The zero-order valence-corrected chi connectivity index (χ0v) is 17.5. The number of hydrogen-bond donors (Lipinski definition) is 2. The smallest absolute Gasteiger partial charge is 0.392 e. The molecule has 0 saturated heterocycles. The van der Waals surface area contributed by atoms with E-state index in [1.165, 1.54) is 40.2 Å². The molecule has 3 N–H and O–H groups in total. The van der Waals surface area contributed by atoms with Crippen LogP contribution in [0, 0.1) is 0 Å². The van der Waals surface area contributed by atoms with E-state index in [1.807, 2.05) is 6.92 Å². The normalized spacial score (nSPS) is 16.1. The molecule has 0 saturated carbocycles. The number of amides is 1. The van der Waals surface area contributed by atoms with E-state index in [4.69, 9.17) is 5.73 Å². The van der Waals surface area contributed by atoms with Crippen molar-refractivity contribution in [3.8, 4) is 0 Å². The molecule has 1 atom stereocenters. The molecule has 33 heavy (non-hydrogen) atoms. The number of nitrogens with zero attached hydrogens (tertiary/aromatic N) is 4. The van der Waals surface area contributed by atoms with Gasteiger partial charge in [0, 0.05) is 36.0 Å². The molecular formula is C22H20F3N5O3. The van der Waals surface area contributed by atoms with Gasteiger partial charge in [-0.05, 0) is 42.8 Å². The Labute approximate surface area is 186 Å². The maximum atomic E-state index is 13.3. The standard InChI is InChI=1S/C22H20F3N5O3/c1-12-10-29(16-3-4-17(22(23,24)25)15(6-16)11-31)21(33)20-14(9-28-30(12)20)7-18(32)13-2-5-19(26)27-8-13/h2-6,8-9,12,31H,7,10-11H2,1H3,(H2,26,27)/t12-/m0/s1. The third kappa shape index (κ3) is 4.19. The molecule has 0 fully saturated rings. The fraction of sp³-hybridized carbons (Fsp3) is 0.273. The number of hydrogen-bond acceptors (Lipinski definition) is 6. The van der Waals surface area contributed by atoms with Gasteiger partial charge in [-0.25, -0.2) is 4.98 Å². The topological polar surface area (TPSA) is 114 Å². The van der Waals surface area contributed by atoms with Gasteiger partial charge in [0.15, 0.2) is 5.78 Å². The molecule has 3 aromatic rings. The van der Waals surface area contributed by atoms with Crippen molar-refractivity contribution in [3.63, 3.8) is 0 Å². The van der Waals surface area contributed by atoms with E-state index in [0.717, 1.165) is 12.1 Å². The van der Waals surface area contributed by atoms with Gasteiger partial charge in [-0.15, -0.1) is 0 Å². The van der Waals surface area contributed by atoms with Crippen LogP contribution in [-0.2, 0) is 19.2 Å². The number of aromatic nitrogens is 3. The zero-order valence-electron chi connectivity index (χ0n) is 17.5. The van der Waals surface area contributed by atoms with Gasteiger partial charge in [-0.1, -0.05) is 0 Å². The number of halogens is 3. The average molecular weight is 459 g/mol. The van der Waals surface area contributed by atoms with Crippen molar-refractivity contribution in [3.05, 3.63) is 70.7 Å². The van der Waals surface area contributed by atoms with E-state index in [0.29, 0.717) is 11.1 Å². The van der Waals surface area contributed by atoms with E-state index in [-0.39, 0.29) is 47.6 Å². The summed E-state index contributed by atoms with van der Waals surface area (Å²) in [4.78, 5) is 31.2. The lowest BCUT2D eigenvalue weighted by Gasteiger charge is -2.33. The molecule has 3 heterocycles. The molecule has 172 valence electrons. The molecule has 0 aliphatic carbocycles. The molecule has 1 amide bonds. The number of rotatable bonds is 5. The highest BCUT2D eigenvalue weighted by Crippen LogP contribution is 2.35. The van der Waals surface area contributed by atoms with Gasteiger partial charge >= 0.3 is 6.18 Å². The number of ketones is 1. The number of carbonyl (C=O) groups excluding carboxylic acids is 2. The van der Waals surface area contributed by atoms with Gasteiger partial charge in [-0.2, -0.15) is 18.3 Å². The largest absolute Gasteiger partial charge is 0.416 e. The molecule has 0 bridgehead atoms. The maximum Gasteiger partial charge on any atom is 0.416 e. The number of anilines is 2. The number of nitrogens with two attached hydrogens (primary N) is 1. The lowest BCUT2D eigenvalue weighted by atomic mass is 10.0. The molecule has 2 aromatic heterocycles. The second-order valence-corrected chi connectivity index (χ2v) is 7.80. The summed E-state index contributed by atoms with van der Waals surface area (Å²) >= 11 is 0. The highest BCUT2D eigenvalue weighted by molar-refractivity contribution is 6.08. The first-order valence-electron chi connectivity index (χ1n) is 10.0. The van der Waals surface area contributed by atoms with Crippen molar-refractivity contribution < 1.29 is 27.9 Å². The quantitative estimate of drug-likeness (QED) is 0.567. The summed E-state index contributed by atoms with van der Waals surface area (Å²) in [6.45, 7) is 1.15. The van der Waals surface area contributed by atoms with E-state index in [9.17, 15) is 27.9 Å². The van der Waals surface area contributed by atoms with Crippen molar-refractivity contribution in [2.24, 2.45) is 0 Å². The lowest BCUT2D eigenvalue weighted by molar-refractivity contribution is -0.138. The maximum absolute atomic E-state index is 13.3. The fourth-order valence-corrected chi connectivity index (χ4v) is 3.87. The number of Topliss-reactive ketones (excluding diaryl/α,β-unsaturated/α-hetero) is 1. The minimum atomic E-state index is -4.63. The molecule has 1 aliphatic rings. The number of alkyl halides is 3. The lowest BCUT2D eigenvalue weighted by Crippen LogP contribution is -2.43. The van der Waals surface area contributed by atoms with Crippen LogP contribution in [0.2, 0.25) is 0 Å². The van der Waals surface area contributed by atoms with Gasteiger partial charge in [-0.3, -0.25) is 14.3 Å². The number of nitrogen functional groups attached to an aromatic ring is 1. The molecular weight excluding hydrogens is 439 g/mol. The number of fused-ring (bicyclic) bond motifs is 1. The summed E-state index contributed by atoms with van der Waals surface area (Å²) < 4.78 is 41.1. The molecule has 0 spiro atoms. The van der Waals surface area contributed by atoms with Crippen LogP contribution in [0.1, 0.15) is 50.5 Å². The molecule has 0 radical (unpaired) electrons. The van der Waals surface area contributed by atoms with Crippen molar-refractivity contribution in [1.29, 1.82) is 0 Å². The summed E-state index contributed by atoms with van der Waals surface area (Å²) in [6, 6.07) is 5.95. The highest BCUT2D eigenvalue weighted by Gasteiger charge is 2.36. The Morgan fingerprint density at radius 1 is 1.21 bits per heavy atom. The monoisotopic (exact) mass is 459 g/mol. The van der Waals surface area contributed by atoms with Crippen LogP contribution in [0.5, 0.6) is 0 Å². The summed E-state index contributed by atoms with van der Waals surface area (Å²) in [6.07, 6.45) is -1.94. The molecule has 1 aromatic carbocycles. The minimum absolute atomic E-state index is 0.109. The predicted molar refractivity (Wildman–Crippen MR) is 113 cm³/mol. The average Bonchev–Trinajstić information content (AvgIpc) is 3.20. The van der Waals surface area contributed by atoms with E-state index < -0.39 is 24.3 Å². The summed E-state index contributed by atoms with van der Waals surface area (Å²) in [5, 5.41) is 13.7. The first-order valence-corrected chi connectivity index (χ1v) is 10.0. The van der Waals surface area contributed by atoms with Crippen LogP contribution >= 0.6 is 0 Å². The third-order valence-electron chi connectivity index (χ3n) is 5.52. The number of aliphatic hydroxyl groups excluding tert-OH is 1. The molecule has 4 rings (SSSR count). The third-order valence-corrected chi connectivity index (χ3v) is 5.52. The Morgan fingerprint density at radius 3 is 2.61 bits per heavy atom. The van der Waals surface area contributed by atoms with E-state index in [1.54, 1.807) is 0 Å². The number of benzene rings is 1. The minimum Gasteiger partial charge on any atom is -0.392 e. The Morgan fingerprint density at radius 2 is 1.97 bits per heavy atom. The van der Waals surface area contributed by atoms with Crippen molar-refractivity contribution in [2.45, 2.75) is 32.2 Å². The van der Waals surface area contributed by atoms with Gasteiger partial charge in [0.1, 0.15) is 11.5 Å². The van der Waals surface area contributed by atoms with Crippen molar-refractivity contribution >= 4 is 23.2 Å². The molecule has 11 heteroatoms. The number of pyridine rings is 1. The van der Waals surface area contributed by atoms with Crippen molar-refractivity contribution in [2.75, 3.05) is 17.2 Å². The summed E-state index contributed by atoms with van der Waals surface area (Å²) in [7, 11) is 0.